The van der Waals surface area contributed by atoms with E-state index < -0.39 is 0 Å². The molecule has 16 heavy (non-hydrogen) atoms. The van der Waals surface area contributed by atoms with E-state index in [1.807, 2.05) is 0 Å². The van der Waals surface area contributed by atoms with Gasteiger partial charge in [-0.3, -0.25) is 4.79 Å². The molecule has 1 heterocycles. The first-order chi connectivity index (χ1) is 7.69. The molecule has 0 saturated heterocycles. The van der Waals surface area contributed by atoms with Gasteiger partial charge >= 0.3 is 0 Å². The van der Waals surface area contributed by atoms with Crippen LogP contribution in [0, 0.1) is 0 Å². The molecule has 0 bridgehead atoms. The Morgan fingerprint density at radius 3 is 2.06 bits per heavy atom. The maximum absolute atomic E-state index is 10.4. The number of hydrogen-bond donors (Lipinski definition) is 0. The molecular formula is C11H6Cl2N2O. The molecule has 80 valence electrons. The Labute approximate surface area is 102 Å². The van der Waals surface area contributed by atoms with Gasteiger partial charge in [0.15, 0.2) is 12.1 Å². The highest BCUT2D eigenvalue weighted by Crippen LogP contribution is 2.24. The van der Waals surface area contributed by atoms with E-state index in [1.165, 1.54) is 12.4 Å². The van der Waals surface area contributed by atoms with Crippen LogP contribution in [-0.2, 0) is 0 Å². The second-order valence-electron chi connectivity index (χ2n) is 3.12. The molecule has 1 aromatic carbocycles. The van der Waals surface area contributed by atoms with Crippen LogP contribution >= 0.6 is 23.2 Å². The monoisotopic (exact) mass is 252 g/mol. The van der Waals surface area contributed by atoms with Gasteiger partial charge in [0.1, 0.15) is 0 Å². The van der Waals surface area contributed by atoms with Gasteiger partial charge in [0, 0.05) is 28.0 Å². The van der Waals surface area contributed by atoms with Crippen molar-refractivity contribution >= 4 is 29.5 Å². The summed E-state index contributed by atoms with van der Waals surface area (Å²) in [4.78, 5) is 18.5. The minimum atomic E-state index is 0.428. The predicted molar refractivity (Wildman–Crippen MR) is 62.9 cm³/mol. The third kappa shape index (κ3) is 2.38. The molecule has 2 aromatic rings. The quantitative estimate of drug-likeness (QED) is 0.771. The fourth-order valence-corrected chi connectivity index (χ4v) is 1.76. The summed E-state index contributed by atoms with van der Waals surface area (Å²) in [7, 11) is 0. The fraction of sp³-hybridized carbons (Fsp3) is 0. The second kappa shape index (κ2) is 4.60. The Bertz CT molecular complexity index is 506. The molecular weight excluding hydrogens is 247 g/mol. The molecule has 3 nitrogen and oxygen atoms in total. The smallest absolute Gasteiger partial charge is 0.159 e. The zero-order valence-corrected chi connectivity index (χ0v) is 9.53. The van der Waals surface area contributed by atoms with Crippen LogP contribution in [0.1, 0.15) is 10.4 Å². The van der Waals surface area contributed by atoms with E-state index in [9.17, 15) is 4.79 Å². The number of aromatic nitrogens is 2. The van der Waals surface area contributed by atoms with E-state index in [2.05, 4.69) is 9.97 Å². The van der Waals surface area contributed by atoms with Crippen LogP contribution in [-0.4, -0.2) is 16.3 Å². The molecule has 0 aliphatic carbocycles. The van der Waals surface area contributed by atoms with Gasteiger partial charge in [0.25, 0.3) is 0 Å². The van der Waals surface area contributed by atoms with Crippen molar-refractivity contribution < 1.29 is 4.79 Å². The van der Waals surface area contributed by atoms with Crippen LogP contribution < -0.4 is 0 Å². The third-order valence-corrected chi connectivity index (χ3v) is 2.37. The van der Waals surface area contributed by atoms with Gasteiger partial charge in [0.2, 0.25) is 0 Å². The molecule has 5 heteroatoms. The Kier molecular flexibility index (Phi) is 3.17. The summed E-state index contributed by atoms with van der Waals surface area (Å²) in [5, 5.41) is 1.04. The molecule has 0 atom stereocenters. The zero-order chi connectivity index (χ0) is 11.5. The van der Waals surface area contributed by atoms with Gasteiger partial charge in [-0.05, 0) is 18.2 Å². The number of rotatable bonds is 2. The highest BCUT2D eigenvalue weighted by atomic mass is 35.5. The maximum Gasteiger partial charge on any atom is 0.159 e. The molecule has 0 radical (unpaired) electrons. The molecule has 0 saturated carbocycles. The van der Waals surface area contributed by atoms with Crippen molar-refractivity contribution in [1.29, 1.82) is 0 Å². The Morgan fingerprint density at radius 2 is 1.56 bits per heavy atom. The molecule has 0 fully saturated rings. The molecule has 0 aliphatic rings. The van der Waals surface area contributed by atoms with Gasteiger partial charge in [-0.1, -0.05) is 23.2 Å². The topological polar surface area (TPSA) is 42.9 Å². The SMILES string of the molecule is O=Cc1cnc(-c2cc(Cl)cc(Cl)c2)nc1. The third-order valence-electron chi connectivity index (χ3n) is 1.93. The Hall–Kier alpha value is -1.45. The van der Waals surface area contributed by atoms with Gasteiger partial charge in [-0.25, -0.2) is 9.97 Å². The first-order valence-electron chi connectivity index (χ1n) is 4.43. The van der Waals surface area contributed by atoms with Crippen molar-refractivity contribution in [3.05, 3.63) is 46.2 Å². The van der Waals surface area contributed by atoms with Crippen molar-refractivity contribution in [1.82, 2.24) is 9.97 Å². The summed E-state index contributed by atoms with van der Waals surface area (Å²) in [6.45, 7) is 0. The Balaban J connectivity index is 2.45. The van der Waals surface area contributed by atoms with Crippen molar-refractivity contribution in [3.63, 3.8) is 0 Å². The number of hydrogen-bond acceptors (Lipinski definition) is 3. The first kappa shape index (κ1) is 11.0. The summed E-state index contributed by atoms with van der Waals surface area (Å²) in [6, 6.07) is 5.05. The number of nitrogens with zero attached hydrogens (tertiary/aromatic N) is 2. The summed E-state index contributed by atoms with van der Waals surface area (Å²) >= 11 is 11.7. The lowest BCUT2D eigenvalue weighted by atomic mass is 10.2. The van der Waals surface area contributed by atoms with Crippen LogP contribution in [0.15, 0.2) is 30.6 Å². The number of benzene rings is 1. The predicted octanol–water partition coefficient (Wildman–Crippen LogP) is 3.26. The molecule has 0 unspecified atom stereocenters. The van der Waals surface area contributed by atoms with Crippen LogP contribution in [0.2, 0.25) is 10.0 Å². The average molecular weight is 253 g/mol. The molecule has 0 N–H and O–H groups in total. The number of halogens is 2. The highest BCUT2D eigenvalue weighted by molar-refractivity contribution is 6.35. The zero-order valence-electron chi connectivity index (χ0n) is 8.02. The number of carbonyl (C=O) groups excluding carboxylic acids is 1. The molecule has 2 rings (SSSR count). The van der Waals surface area contributed by atoms with Crippen molar-refractivity contribution in [2.24, 2.45) is 0 Å². The van der Waals surface area contributed by atoms with Gasteiger partial charge in [-0.15, -0.1) is 0 Å². The van der Waals surface area contributed by atoms with Crippen molar-refractivity contribution in [3.8, 4) is 11.4 Å². The van der Waals surface area contributed by atoms with Gasteiger partial charge < -0.3 is 0 Å². The normalized spacial score (nSPS) is 10.1. The lowest BCUT2D eigenvalue weighted by Gasteiger charge is -2.01. The first-order valence-corrected chi connectivity index (χ1v) is 5.18. The van der Waals surface area contributed by atoms with Crippen molar-refractivity contribution in [2.45, 2.75) is 0 Å². The second-order valence-corrected chi connectivity index (χ2v) is 3.99. The summed E-state index contributed by atoms with van der Waals surface area (Å²) in [5.41, 5.74) is 1.15. The van der Waals surface area contributed by atoms with Crippen LogP contribution in [0.4, 0.5) is 0 Å². The average Bonchev–Trinajstić information content (AvgIpc) is 2.28. The number of carbonyl (C=O) groups is 1. The molecule has 0 amide bonds. The molecule has 0 spiro atoms. The highest BCUT2D eigenvalue weighted by Gasteiger charge is 2.04. The van der Waals surface area contributed by atoms with E-state index >= 15 is 0 Å². The summed E-state index contributed by atoms with van der Waals surface area (Å²) in [6.07, 6.45) is 3.59. The summed E-state index contributed by atoms with van der Waals surface area (Å²) < 4.78 is 0. The standard InChI is InChI=1S/C11H6Cl2N2O/c12-9-1-8(2-10(13)3-9)11-14-4-7(6-16)5-15-11/h1-6H. The lowest BCUT2D eigenvalue weighted by Crippen LogP contribution is -1.91. The van der Waals surface area contributed by atoms with E-state index in [-0.39, 0.29) is 0 Å². The van der Waals surface area contributed by atoms with Crippen LogP contribution in [0.3, 0.4) is 0 Å². The fourth-order valence-electron chi connectivity index (χ4n) is 1.23. The van der Waals surface area contributed by atoms with Crippen LogP contribution in [0.25, 0.3) is 11.4 Å². The molecule has 0 aliphatic heterocycles. The minimum absolute atomic E-state index is 0.428. The van der Waals surface area contributed by atoms with E-state index in [4.69, 9.17) is 23.2 Å². The van der Waals surface area contributed by atoms with Crippen LogP contribution in [0.5, 0.6) is 0 Å². The van der Waals surface area contributed by atoms with E-state index in [0.29, 0.717) is 27.7 Å². The maximum atomic E-state index is 10.4. The largest absolute Gasteiger partial charge is 0.298 e. The summed E-state index contributed by atoms with van der Waals surface area (Å²) in [5.74, 6) is 0.481. The van der Waals surface area contributed by atoms with Crippen molar-refractivity contribution in [2.75, 3.05) is 0 Å². The van der Waals surface area contributed by atoms with Gasteiger partial charge in [0.05, 0.1) is 5.56 Å². The number of aldehydes is 1. The van der Waals surface area contributed by atoms with Gasteiger partial charge in [-0.2, -0.15) is 0 Å². The van der Waals surface area contributed by atoms with E-state index in [1.54, 1.807) is 18.2 Å². The molecule has 1 aromatic heterocycles. The minimum Gasteiger partial charge on any atom is -0.298 e. The lowest BCUT2D eigenvalue weighted by molar-refractivity contribution is 0.112. The Morgan fingerprint density at radius 1 is 1.00 bits per heavy atom. The van der Waals surface area contributed by atoms with E-state index in [0.717, 1.165) is 5.56 Å².